The Labute approximate surface area is 116 Å². The second-order valence-electron chi connectivity index (χ2n) is 4.17. The fraction of sp³-hybridized carbons (Fsp3) is 0.462. The largest absolute Gasteiger partial charge is 0.465 e. The Kier molecular flexibility index (Phi) is 4.93. The Bertz CT molecular complexity index is 465. The second-order valence-corrected chi connectivity index (χ2v) is 5.31. The number of carbonyl (C=O) groups excluding carboxylic acids is 1. The van der Waals surface area contributed by atoms with Crippen LogP contribution in [0.1, 0.15) is 16.8 Å². The lowest BCUT2D eigenvalue weighted by Gasteiger charge is -2.17. The lowest BCUT2D eigenvalue weighted by Crippen LogP contribution is -2.12. The Hall–Kier alpha value is -1.40. The summed E-state index contributed by atoms with van der Waals surface area (Å²) in [6, 6.07) is 3.47. The zero-order valence-electron chi connectivity index (χ0n) is 10.9. The molecule has 0 radical (unpaired) electrons. The Balaban J connectivity index is 2.32. The Morgan fingerprint density at radius 1 is 1.47 bits per heavy atom. The van der Waals surface area contributed by atoms with Gasteiger partial charge in [-0.05, 0) is 18.6 Å². The fourth-order valence-electron chi connectivity index (χ4n) is 1.88. The molecule has 1 aromatic rings. The summed E-state index contributed by atoms with van der Waals surface area (Å²) in [5, 5.41) is 3.31. The zero-order chi connectivity index (χ0) is 13.7. The fourth-order valence-corrected chi connectivity index (χ4v) is 2.84. The molecule has 1 heterocycles. The van der Waals surface area contributed by atoms with E-state index in [2.05, 4.69) is 5.32 Å². The van der Waals surface area contributed by atoms with Crippen LogP contribution >= 0.6 is 11.8 Å². The number of ether oxygens (including phenoxy) is 2. The van der Waals surface area contributed by atoms with E-state index in [0.29, 0.717) is 17.9 Å². The van der Waals surface area contributed by atoms with Crippen molar-refractivity contribution in [3.8, 4) is 0 Å². The predicted molar refractivity (Wildman–Crippen MR) is 76.8 cm³/mol. The van der Waals surface area contributed by atoms with E-state index in [9.17, 15) is 4.79 Å². The first-order valence-corrected chi connectivity index (χ1v) is 7.17. The Morgan fingerprint density at radius 2 is 2.32 bits per heavy atom. The number of rotatable bonds is 1. The molecule has 0 saturated carbocycles. The van der Waals surface area contributed by atoms with E-state index in [1.54, 1.807) is 17.8 Å². The van der Waals surface area contributed by atoms with Crippen molar-refractivity contribution in [3.63, 3.8) is 0 Å². The van der Waals surface area contributed by atoms with Crippen LogP contribution in [0, 0.1) is 0 Å². The Morgan fingerprint density at radius 3 is 3.11 bits per heavy atom. The maximum absolute atomic E-state index is 11.6. The normalized spacial score (nSPS) is 16.1. The van der Waals surface area contributed by atoms with Gasteiger partial charge >= 0.3 is 5.97 Å². The number of carbonyl (C=O) groups is 1. The first-order chi connectivity index (χ1) is 9.22. The van der Waals surface area contributed by atoms with Crippen LogP contribution in [0.2, 0.25) is 0 Å². The minimum Gasteiger partial charge on any atom is -0.465 e. The molecule has 0 amide bonds. The van der Waals surface area contributed by atoms with Crippen LogP contribution < -0.4 is 11.1 Å². The molecule has 0 bridgehead atoms. The summed E-state index contributed by atoms with van der Waals surface area (Å²) >= 11 is 1.63. The number of hydrogen-bond donors (Lipinski definition) is 2. The van der Waals surface area contributed by atoms with E-state index < -0.39 is 0 Å². The van der Waals surface area contributed by atoms with Crippen LogP contribution in [0.4, 0.5) is 11.4 Å². The van der Waals surface area contributed by atoms with Crippen molar-refractivity contribution in [2.45, 2.75) is 11.3 Å². The van der Waals surface area contributed by atoms with Crippen LogP contribution in [-0.2, 0) is 9.47 Å². The lowest BCUT2D eigenvalue weighted by molar-refractivity contribution is 0.0600. The maximum atomic E-state index is 11.6. The number of nitrogens with one attached hydrogen (secondary N) is 1. The number of benzene rings is 1. The van der Waals surface area contributed by atoms with Crippen molar-refractivity contribution in [2.24, 2.45) is 0 Å². The van der Waals surface area contributed by atoms with E-state index in [4.69, 9.17) is 15.2 Å². The molecule has 19 heavy (non-hydrogen) atoms. The smallest absolute Gasteiger partial charge is 0.337 e. The quantitative estimate of drug-likeness (QED) is 0.606. The van der Waals surface area contributed by atoms with E-state index in [0.717, 1.165) is 35.9 Å². The summed E-state index contributed by atoms with van der Waals surface area (Å²) in [5.74, 6) is 0.460. The molecule has 3 N–H and O–H groups in total. The van der Waals surface area contributed by atoms with Gasteiger partial charge in [0.05, 0.1) is 30.7 Å². The first kappa shape index (κ1) is 14.0. The average molecular weight is 282 g/mol. The van der Waals surface area contributed by atoms with Gasteiger partial charge < -0.3 is 20.5 Å². The summed E-state index contributed by atoms with van der Waals surface area (Å²) in [7, 11) is 1.36. The molecule has 0 spiro atoms. The van der Waals surface area contributed by atoms with Gasteiger partial charge in [-0.25, -0.2) is 4.79 Å². The second kappa shape index (κ2) is 6.68. The SMILES string of the molecule is COC(=O)c1cc(N)c2c(c1)SCCOCCCN2. The molecule has 0 saturated heterocycles. The minimum absolute atomic E-state index is 0.372. The third-order valence-corrected chi connectivity index (χ3v) is 3.81. The van der Waals surface area contributed by atoms with Crippen LogP contribution in [0.3, 0.4) is 0 Å². The zero-order valence-corrected chi connectivity index (χ0v) is 11.7. The van der Waals surface area contributed by atoms with Crippen LogP contribution in [-0.4, -0.2) is 38.6 Å². The maximum Gasteiger partial charge on any atom is 0.337 e. The van der Waals surface area contributed by atoms with Gasteiger partial charge in [0.15, 0.2) is 0 Å². The van der Waals surface area contributed by atoms with Crippen LogP contribution in [0.15, 0.2) is 17.0 Å². The highest BCUT2D eigenvalue weighted by molar-refractivity contribution is 7.99. The molecule has 0 atom stereocenters. The van der Waals surface area contributed by atoms with Crippen LogP contribution in [0.25, 0.3) is 0 Å². The average Bonchev–Trinajstić information content (AvgIpc) is 2.43. The number of nitrogens with two attached hydrogens (primary N) is 1. The monoisotopic (exact) mass is 282 g/mol. The highest BCUT2D eigenvalue weighted by atomic mass is 32.2. The van der Waals surface area contributed by atoms with Gasteiger partial charge in [-0.2, -0.15) is 0 Å². The van der Waals surface area contributed by atoms with Crippen molar-refractivity contribution in [1.82, 2.24) is 0 Å². The topological polar surface area (TPSA) is 73.6 Å². The van der Waals surface area contributed by atoms with E-state index in [1.807, 2.05) is 6.07 Å². The molecule has 6 heteroatoms. The standard InChI is InChI=1S/C13H18N2O3S/c1-17-13(16)9-7-10(14)12-11(8-9)19-6-5-18-4-2-3-15-12/h7-8,15H,2-6,14H2,1H3. The van der Waals surface area contributed by atoms with Gasteiger partial charge in [0.25, 0.3) is 0 Å². The molecule has 0 aliphatic carbocycles. The summed E-state index contributed by atoms with van der Waals surface area (Å²) in [6.45, 7) is 2.25. The number of anilines is 2. The predicted octanol–water partition coefficient (Wildman–Crippen LogP) is 1.98. The van der Waals surface area contributed by atoms with Crippen LogP contribution in [0.5, 0.6) is 0 Å². The van der Waals surface area contributed by atoms with Crippen molar-refractivity contribution in [1.29, 1.82) is 0 Å². The number of hydrogen-bond acceptors (Lipinski definition) is 6. The summed E-state index contributed by atoms with van der Waals surface area (Å²) < 4.78 is 10.2. The first-order valence-electron chi connectivity index (χ1n) is 6.18. The van der Waals surface area contributed by atoms with Crippen molar-refractivity contribution < 1.29 is 14.3 Å². The van der Waals surface area contributed by atoms with Gasteiger partial charge in [-0.1, -0.05) is 0 Å². The molecule has 1 aliphatic rings. The van der Waals surface area contributed by atoms with Crippen molar-refractivity contribution in [2.75, 3.05) is 43.7 Å². The molecule has 1 aliphatic heterocycles. The highest BCUT2D eigenvalue weighted by Crippen LogP contribution is 2.34. The molecule has 0 fully saturated rings. The number of thioether (sulfide) groups is 1. The molecule has 0 unspecified atom stereocenters. The van der Waals surface area contributed by atoms with E-state index in [1.165, 1.54) is 7.11 Å². The minimum atomic E-state index is -0.372. The summed E-state index contributed by atoms with van der Waals surface area (Å²) in [4.78, 5) is 12.6. The van der Waals surface area contributed by atoms with Crippen molar-refractivity contribution in [3.05, 3.63) is 17.7 Å². The highest BCUT2D eigenvalue weighted by Gasteiger charge is 2.14. The van der Waals surface area contributed by atoms with E-state index in [-0.39, 0.29) is 5.97 Å². The molecule has 0 aromatic heterocycles. The number of esters is 1. The summed E-state index contributed by atoms with van der Waals surface area (Å²) in [5.41, 5.74) is 7.99. The number of fused-ring (bicyclic) bond motifs is 1. The number of nitrogen functional groups attached to an aromatic ring is 1. The molecular formula is C13H18N2O3S. The third-order valence-electron chi connectivity index (χ3n) is 2.81. The molecule has 104 valence electrons. The van der Waals surface area contributed by atoms with Gasteiger partial charge in [0.1, 0.15) is 0 Å². The van der Waals surface area contributed by atoms with Crippen molar-refractivity contribution >= 4 is 29.1 Å². The van der Waals surface area contributed by atoms with Gasteiger partial charge in [-0.3, -0.25) is 0 Å². The lowest BCUT2D eigenvalue weighted by atomic mass is 10.1. The summed E-state index contributed by atoms with van der Waals surface area (Å²) in [6.07, 6.45) is 0.933. The third kappa shape index (κ3) is 3.54. The molecule has 2 rings (SSSR count). The molecular weight excluding hydrogens is 264 g/mol. The van der Waals surface area contributed by atoms with Gasteiger partial charge in [0, 0.05) is 23.8 Å². The van der Waals surface area contributed by atoms with Gasteiger partial charge in [0.2, 0.25) is 0 Å². The van der Waals surface area contributed by atoms with Gasteiger partial charge in [-0.15, -0.1) is 11.8 Å². The number of methoxy groups -OCH3 is 1. The molecule has 5 nitrogen and oxygen atoms in total. The van der Waals surface area contributed by atoms with E-state index >= 15 is 0 Å². The molecule has 1 aromatic carbocycles.